The third-order valence-electron chi connectivity index (χ3n) is 3.19. The minimum atomic E-state index is -4.37. The number of nitrogens with zero attached hydrogens (tertiary/aromatic N) is 1. The van der Waals surface area contributed by atoms with Crippen LogP contribution >= 0.6 is 0 Å². The molecule has 1 fully saturated rings. The zero-order valence-corrected chi connectivity index (χ0v) is 10.9. The van der Waals surface area contributed by atoms with Crippen molar-refractivity contribution >= 4 is 5.91 Å². The van der Waals surface area contributed by atoms with Crippen LogP contribution in [0.3, 0.4) is 0 Å². The van der Waals surface area contributed by atoms with Gasteiger partial charge in [-0.15, -0.1) is 0 Å². The van der Waals surface area contributed by atoms with E-state index in [0.717, 1.165) is 25.0 Å². The Balaban J connectivity index is 2.19. The summed E-state index contributed by atoms with van der Waals surface area (Å²) in [7, 11) is 0. The van der Waals surface area contributed by atoms with Gasteiger partial charge in [0.25, 0.3) is 5.91 Å². The Kier molecular flexibility index (Phi) is 3.56. The standard InChI is InChI=1S/C14H16F3NO/c1-9(2)18(12-7-8-12)13(19)10-3-5-11(6-4-10)14(15,16)17/h3-6,9,12H,7-8H2,1-2H3. The van der Waals surface area contributed by atoms with Crippen molar-refractivity contribution in [3.8, 4) is 0 Å². The van der Waals surface area contributed by atoms with Crippen LogP contribution < -0.4 is 0 Å². The molecule has 104 valence electrons. The first-order valence-electron chi connectivity index (χ1n) is 6.30. The van der Waals surface area contributed by atoms with Gasteiger partial charge in [0.15, 0.2) is 0 Å². The molecule has 5 heteroatoms. The van der Waals surface area contributed by atoms with Crippen molar-refractivity contribution in [2.45, 2.75) is 44.9 Å². The van der Waals surface area contributed by atoms with Gasteiger partial charge in [-0.25, -0.2) is 0 Å². The first kappa shape index (κ1) is 13.9. The summed E-state index contributed by atoms with van der Waals surface area (Å²) in [5, 5.41) is 0. The van der Waals surface area contributed by atoms with Crippen LogP contribution in [0.2, 0.25) is 0 Å². The van der Waals surface area contributed by atoms with E-state index in [9.17, 15) is 18.0 Å². The molecule has 0 aromatic heterocycles. The summed E-state index contributed by atoms with van der Waals surface area (Å²) in [6.07, 6.45) is -2.41. The number of amides is 1. The summed E-state index contributed by atoms with van der Waals surface area (Å²) < 4.78 is 37.4. The van der Waals surface area contributed by atoms with Crippen LogP contribution in [-0.2, 0) is 6.18 Å². The van der Waals surface area contributed by atoms with Gasteiger partial charge in [0.05, 0.1) is 5.56 Å². The predicted molar refractivity (Wildman–Crippen MR) is 65.8 cm³/mol. The first-order chi connectivity index (χ1) is 8.80. The summed E-state index contributed by atoms with van der Waals surface area (Å²) in [5.74, 6) is -0.189. The second-order valence-electron chi connectivity index (χ2n) is 5.11. The molecule has 1 amide bonds. The Morgan fingerprint density at radius 1 is 1.21 bits per heavy atom. The average Bonchev–Trinajstić information content (AvgIpc) is 3.12. The maximum absolute atomic E-state index is 12.5. The Labute approximate surface area is 110 Å². The van der Waals surface area contributed by atoms with Crippen LogP contribution in [0.1, 0.15) is 42.6 Å². The Morgan fingerprint density at radius 2 is 1.74 bits per heavy atom. The molecular weight excluding hydrogens is 255 g/mol. The van der Waals surface area contributed by atoms with E-state index in [1.54, 1.807) is 4.90 Å². The molecule has 0 unspecified atom stereocenters. The predicted octanol–water partition coefficient (Wildman–Crippen LogP) is 3.72. The summed E-state index contributed by atoms with van der Waals surface area (Å²) >= 11 is 0. The molecule has 0 spiro atoms. The minimum absolute atomic E-state index is 0.0577. The number of carbonyl (C=O) groups is 1. The normalized spacial score (nSPS) is 15.7. The highest BCUT2D eigenvalue weighted by Crippen LogP contribution is 2.32. The van der Waals surface area contributed by atoms with E-state index >= 15 is 0 Å². The molecule has 0 aliphatic heterocycles. The fourth-order valence-electron chi connectivity index (χ4n) is 2.13. The van der Waals surface area contributed by atoms with Gasteiger partial charge in [-0.2, -0.15) is 13.2 Å². The van der Waals surface area contributed by atoms with E-state index in [1.807, 2.05) is 13.8 Å². The zero-order chi connectivity index (χ0) is 14.2. The van der Waals surface area contributed by atoms with Crippen LogP contribution in [0.15, 0.2) is 24.3 Å². The maximum Gasteiger partial charge on any atom is 0.416 e. The molecule has 0 atom stereocenters. The van der Waals surface area contributed by atoms with E-state index < -0.39 is 11.7 Å². The van der Waals surface area contributed by atoms with Gasteiger partial charge in [0.1, 0.15) is 0 Å². The lowest BCUT2D eigenvalue weighted by Gasteiger charge is -2.26. The fourth-order valence-corrected chi connectivity index (χ4v) is 2.13. The van der Waals surface area contributed by atoms with Gasteiger partial charge in [-0.05, 0) is 51.0 Å². The molecule has 0 bridgehead atoms. The molecule has 0 heterocycles. The molecule has 2 nitrogen and oxygen atoms in total. The highest BCUT2D eigenvalue weighted by atomic mass is 19.4. The summed E-state index contributed by atoms with van der Waals surface area (Å²) in [4.78, 5) is 14.0. The maximum atomic E-state index is 12.5. The van der Waals surface area contributed by atoms with Crippen molar-refractivity contribution in [1.82, 2.24) is 4.90 Å². The molecule has 2 rings (SSSR count). The number of rotatable bonds is 3. The molecule has 19 heavy (non-hydrogen) atoms. The molecular formula is C14H16F3NO. The van der Waals surface area contributed by atoms with Crippen molar-refractivity contribution in [3.05, 3.63) is 35.4 Å². The van der Waals surface area contributed by atoms with Gasteiger partial charge in [0, 0.05) is 17.6 Å². The number of carbonyl (C=O) groups excluding carboxylic acids is 1. The van der Waals surface area contributed by atoms with Gasteiger partial charge in [0.2, 0.25) is 0 Å². The highest BCUT2D eigenvalue weighted by molar-refractivity contribution is 5.94. The lowest BCUT2D eigenvalue weighted by molar-refractivity contribution is -0.137. The molecule has 1 aromatic carbocycles. The Morgan fingerprint density at radius 3 is 2.11 bits per heavy atom. The van der Waals surface area contributed by atoms with Crippen LogP contribution in [0.4, 0.5) is 13.2 Å². The first-order valence-corrected chi connectivity index (χ1v) is 6.30. The van der Waals surface area contributed by atoms with Crippen molar-refractivity contribution < 1.29 is 18.0 Å². The third kappa shape index (κ3) is 3.08. The van der Waals surface area contributed by atoms with Crippen LogP contribution in [0.5, 0.6) is 0 Å². The Bertz CT molecular complexity index is 459. The van der Waals surface area contributed by atoms with Gasteiger partial charge < -0.3 is 4.90 Å². The number of hydrogen-bond acceptors (Lipinski definition) is 1. The van der Waals surface area contributed by atoms with Crippen LogP contribution in [0.25, 0.3) is 0 Å². The van der Waals surface area contributed by atoms with Crippen molar-refractivity contribution in [2.24, 2.45) is 0 Å². The molecule has 1 aliphatic rings. The highest BCUT2D eigenvalue weighted by Gasteiger charge is 2.35. The van der Waals surface area contributed by atoms with E-state index in [-0.39, 0.29) is 18.0 Å². The Hall–Kier alpha value is -1.52. The van der Waals surface area contributed by atoms with E-state index in [1.165, 1.54) is 12.1 Å². The van der Waals surface area contributed by atoms with Crippen molar-refractivity contribution in [1.29, 1.82) is 0 Å². The molecule has 0 N–H and O–H groups in total. The summed E-state index contributed by atoms with van der Waals surface area (Å²) in [5.41, 5.74) is -0.417. The molecule has 0 radical (unpaired) electrons. The molecule has 1 aromatic rings. The fraction of sp³-hybridized carbons (Fsp3) is 0.500. The zero-order valence-electron chi connectivity index (χ0n) is 10.9. The van der Waals surface area contributed by atoms with Gasteiger partial charge in [-0.3, -0.25) is 4.79 Å². The second kappa shape index (κ2) is 4.87. The number of alkyl halides is 3. The van der Waals surface area contributed by atoms with Gasteiger partial charge in [-0.1, -0.05) is 0 Å². The smallest absolute Gasteiger partial charge is 0.333 e. The van der Waals surface area contributed by atoms with E-state index in [2.05, 4.69) is 0 Å². The lowest BCUT2D eigenvalue weighted by Crippen LogP contribution is -2.38. The summed E-state index contributed by atoms with van der Waals surface area (Å²) in [6.45, 7) is 3.83. The topological polar surface area (TPSA) is 20.3 Å². The monoisotopic (exact) mass is 271 g/mol. The van der Waals surface area contributed by atoms with Crippen LogP contribution in [-0.4, -0.2) is 22.9 Å². The average molecular weight is 271 g/mol. The summed E-state index contributed by atoms with van der Waals surface area (Å²) in [6, 6.07) is 4.72. The molecule has 1 aliphatic carbocycles. The van der Waals surface area contributed by atoms with Crippen LogP contribution in [0, 0.1) is 0 Å². The molecule has 0 saturated heterocycles. The number of benzene rings is 1. The minimum Gasteiger partial charge on any atom is -0.333 e. The molecule has 1 saturated carbocycles. The lowest BCUT2D eigenvalue weighted by atomic mass is 10.1. The quantitative estimate of drug-likeness (QED) is 0.820. The number of halogens is 3. The van der Waals surface area contributed by atoms with Gasteiger partial charge >= 0.3 is 6.18 Å². The second-order valence-corrected chi connectivity index (χ2v) is 5.11. The van der Waals surface area contributed by atoms with E-state index in [0.29, 0.717) is 5.56 Å². The van der Waals surface area contributed by atoms with E-state index in [4.69, 9.17) is 0 Å². The SMILES string of the molecule is CC(C)N(C(=O)c1ccc(C(F)(F)F)cc1)C1CC1. The van der Waals surface area contributed by atoms with Crippen molar-refractivity contribution in [3.63, 3.8) is 0 Å². The third-order valence-corrected chi connectivity index (χ3v) is 3.19. The largest absolute Gasteiger partial charge is 0.416 e. The number of hydrogen-bond donors (Lipinski definition) is 0. The van der Waals surface area contributed by atoms with Crippen molar-refractivity contribution in [2.75, 3.05) is 0 Å².